The molecule has 2 atom stereocenters. The molecule has 2 heterocycles. The Balaban J connectivity index is 1.51. The van der Waals surface area contributed by atoms with E-state index in [0.717, 1.165) is 72.3 Å². The number of carbonyl (C=O) groups is 2. The van der Waals surface area contributed by atoms with Gasteiger partial charge in [-0.05, 0) is 112 Å². The number of hydrogen-bond donors (Lipinski definition) is 3. The molecule has 4 N–H and O–H groups in total. The molecule has 7 heteroatoms. The summed E-state index contributed by atoms with van der Waals surface area (Å²) in [4.78, 5) is 33.1. The molecule has 1 aromatic heterocycles. The van der Waals surface area contributed by atoms with Crippen molar-refractivity contribution < 1.29 is 14.7 Å². The van der Waals surface area contributed by atoms with Crippen molar-refractivity contribution in [2.45, 2.75) is 64.8 Å². The van der Waals surface area contributed by atoms with Gasteiger partial charge in [0.1, 0.15) is 0 Å². The van der Waals surface area contributed by atoms with Crippen molar-refractivity contribution >= 4 is 22.8 Å². The predicted octanol–water partition coefficient (Wildman–Crippen LogP) is 6.27. The molecule has 0 radical (unpaired) electrons. The summed E-state index contributed by atoms with van der Waals surface area (Å²) in [5.41, 5.74) is 15.4. The molecule has 0 aliphatic carbocycles. The SMILES string of the molecule is Cc1cc(C)cc(-c2[nH]c3ccc(C(C)(C)C(=O)N4CCN(C)CC4)cc3c2C(C)C(N)CCc2ccc(C(=O)O)cc2)c1. The van der Waals surface area contributed by atoms with E-state index in [1.807, 2.05) is 30.9 Å². The molecule has 1 aliphatic heterocycles. The number of aromatic carboxylic acids is 1. The number of hydrogen-bond acceptors (Lipinski definition) is 4. The molecule has 3 aromatic carbocycles. The number of likely N-dealkylation sites (N-methyl/N-ethyl adjacent to an activating group) is 1. The molecule has 1 fully saturated rings. The summed E-state index contributed by atoms with van der Waals surface area (Å²) >= 11 is 0. The average molecular weight is 595 g/mol. The zero-order chi connectivity index (χ0) is 31.8. The van der Waals surface area contributed by atoms with E-state index >= 15 is 0 Å². The van der Waals surface area contributed by atoms with Gasteiger partial charge in [0.25, 0.3) is 0 Å². The summed E-state index contributed by atoms with van der Waals surface area (Å²) in [5, 5.41) is 10.3. The fraction of sp³-hybridized carbons (Fsp3) is 0.405. The van der Waals surface area contributed by atoms with E-state index in [9.17, 15) is 14.7 Å². The van der Waals surface area contributed by atoms with Crippen molar-refractivity contribution in [3.05, 3.63) is 94.0 Å². The number of carboxylic acid groups (broad SMARTS) is 1. The molecular weight excluding hydrogens is 548 g/mol. The van der Waals surface area contributed by atoms with Crippen LogP contribution in [-0.2, 0) is 16.6 Å². The first-order chi connectivity index (χ1) is 20.8. The van der Waals surface area contributed by atoms with E-state index in [1.54, 1.807) is 12.1 Å². The van der Waals surface area contributed by atoms with E-state index < -0.39 is 11.4 Å². The van der Waals surface area contributed by atoms with Gasteiger partial charge in [0, 0.05) is 43.1 Å². The maximum Gasteiger partial charge on any atom is 0.335 e. The Kier molecular flexibility index (Phi) is 9.00. The first-order valence-electron chi connectivity index (χ1n) is 15.7. The molecule has 4 aromatic rings. The fourth-order valence-electron chi connectivity index (χ4n) is 6.56. The number of nitrogens with one attached hydrogen (secondary N) is 1. The molecule has 0 saturated carbocycles. The molecule has 1 amide bonds. The Bertz CT molecular complexity index is 1640. The third-order valence-corrected chi connectivity index (χ3v) is 9.46. The minimum atomic E-state index is -0.923. The van der Waals surface area contributed by atoms with Gasteiger partial charge in [0.05, 0.1) is 16.7 Å². The van der Waals surface area contributed by atoms with Crippen molar-refractivity contribution in [2.75, 3.05) is 33.2 Å². The molecule has 1 aliphatic rings. The van der Waals surface area contributed by atoms with Crippen LogP contribution < -0.4 is 5.73 Å². The molecule has 44 heavy (non-hydrogen) atoms. The Morgan fingerprint density at radius 1 is 0.955 bits per heavy atom. The molecule has 5 rings (SSSR count). The van der Waals surface area contributed by atoms with Crippen LogP contribution in [0.3, 0.4) is 0 Å². The van der Waals surface area contributed by atoms with Crippen molar-refractivity contribution in [1.29, 1.82) is 0 Å². The predicted molar refractivity (Wildman–Crippen MR) is 178 cm³/mol. The summed E-state index contributed by atoms with van der Waals surface area (Å²) in [6.07, 6.45) is 1.50. The number of carboxylic acids is 1. The van der Waals surface area contributed by atoms with Crippen LogP contribution in [0.5, 0.6) is 0 Å². The highest BCUT2D eigenvalue weighted by molar-refractivity contribution is 5.94. The van der Waals surface area contributed by atoms with Gasteiger partial charge in [-0.25, -0.2) is 4.79 Å². The zero-order valence-electron chi connectivity index (χ0n) is 26.9. The maximum absolute atomic E-state index is 13.8. The first kappa shape index (κ1) is 31.5. The molecule has 0 bridgehead atoms. The minimum Gasteiger partial charge on any atom is -0.478 e. The van der Waals surface area contributed by atoms with Crippen LogP contribution in [0.25, 0.3) is 22.2 Å². The number of piperazine rings is 1. The molecule has 7 nitrogen and oxygen atoms in total. The van der Waals surface area contributed by atoms with E-state index in [0.29, 0.717) is 0 Å². The van der Waals surface area contributed by atoms with Crippen LogP contribution in [0.15, 0.2) is 60.7 Å². The quantitative estimate of drug-likeness (QED) is 0.212. The Hall–Kier alpha value is -3.94. The van der Waals surface area contributed by atoms with Crippen molar-refractivity contribution in [3.8, 4) is 11.3 Å². The number of carbonyl (C=O) groups excluding carboxylic acids is 1. The molecular formula is C37H46N4O3. The highest BCUT2D eigenvalue weighted by Gasteiger charge is 2.35. The summed E-state index contributed by atoms with van der Waals surface area (Å²) < 4.78 is 0. The van der Waals surface area contributed by atoms with Crippen molar-refractivity contribution in [2.24, 2.45) is 5.73 Å². The Labute approximate surface area is 261 Å². The molecule has 1 saturated heterocycles. The van der Waals surface area contributed by atoms with Gasteiger partial charge in [0.15, 0.2) is 0 Å². The second kappa shape index (κ2) is 12.6. The van der Waals surface area contributed by atoms with Crippen LogP contribution >= 0.6 is 0 Å². The largest absolute Gasteiger partial charge is 0.478 e. The number of aromatic nitrogens is 1. The number of rotatable bonds is 9. The number of aromatic amines is 1. The van der Waals surface area contributed by atoms with E-state index in [-0.39, 0.29) is 23.4 Å². The summed E-state index contributed by atoms with van der Waals surface area (Å²) in [6, 6.07) is 19.9. The number of H-pyrrole nitrogens is 1. The van der Waals surface area contributed by atoms with E-state index in [1.165, 1.54) is 16.7 Å². The topological polar surface area (TPSA) is 103 Å². The van der Waals surface area contributed by atoms with Gasteiger partial charge in [-0.15, -0.1) is 0 Å². The summed E-state index contributed by atoms with van der Waals surface area (Å²) in [6.45, 7) is 13.8. The fourth-order valence-corrected chi connectivity index (χ4v) is 6.56. The average Bonchev–Trinajstić information content (AvgIpc) is 3.38. The number of amides is 1. The molecule has 232 valence electrons. The number of nitrogens with zero attached hydrogens (tertiary/aromatic N) is 2. The second-order valence-electron chi connectivity index (χ2n) is 13.3. The summed E-state index contributed by atoms with van der Waals surface area (Å²) in [5.74, 6) is -0.743. The van der Waals surface area contributed by atoms with Gasteiger partial charge in [-0.2, -0.15) is 0 Å². The van der Waals surface area contributed by atoms with E-state index in [2.05, 4.69) is 74.1 Å². The number of fused-ring (bicyclic) bond motifs is 1. The van der Waals surface area contributed by atoms with Gasteiger partial charge >= 0.3 is 5.97 Å². The lowest BCUT2D eigenvalue weighted by Gasteiger charge is -2.37. The summed E-state index contributed by atoms with van der Waals surface area (Å²) in [7, 11) is 2.10. The minimum absolute atomic E-state index is 0.0181. The first-order valence-corrected chi connectivity index (χ1v) is 15.7. The third kappa shape index (κ3) is 6.44. The van der Waals surface area contributed by atoms with Gasteiger partial charge in [-0.1, -0.05) is 42.3 Å². The Morgan fingerprint density at radius 3 is 2.20 bits per heavy atom. The van der Waals surface area contributed by atoms with E-state index in [4.69, 9.17) is 5.73 Å². The monoisotopic (exact) mass is 594 g/mol. The van der Waals surface area contributed by atoms with Crippen molar-refractivity contribution in [1.82, 2.24) is 14.8 Å². The highest BCUT2D eigenvalue weighted by Crippen LogP contribution is 2.40. The lowest BCUT2D eigenvalue weighted by Crippen LogP contribution is -2.52. The van der Waals surface area contributed by atoms with Gasteiger partial charge < -0.3 is 25.6 Å². The van der Waals surface area contributed by atoms with Gasteiger partial charge in [-0.3, -0.25) is 4.79 Å². The number of aryl methyl sites for hydroxylation is 3. The van der Waals surface area contributed by atoms with Crippen LogP contribution in [0.1, 0.15) is 71.3 Å². The second-order valence-corrected chi connectivity index (χ2v) is 13.3. The lowest BCUT2D eigenvalue weighted by molar-refractivity contribution is -0.137. The van der Waals surface area contributed by atoms with Crippen LogP contribution in [0.4, 0.5) is 0 Å². The normalized spacial score (nSPS) is 15.8. The van der Waals surface area contributed by atoms with Crippen LogP contribution in [0, 0.1) is 13.8 Å². The van der Waals surface area contributed by atoms with Gasteiger partial charge in [0.2, 0.25) is 5.91 Å². The number of benzene rings is 3. The maximum atomic E-state index is 13.8. The van der Waals surface area contributed by atoms with Crippen LogP contribution in [-0.4, -0.2) is 71.0 Å². The lowest BCUT2D eigenvalue weighted by atomic mass is 9.81. The van der Waals surface area contributed by atoms with Crippen LogP contribution in [0.2, 0.25) is 0 Å². The zero-order valence-corrected chi connectivity index (χ0v) is 26.9. The molecule has 0 spiro atoms. The molecule has 2 unspecified atom stereocenters. The van der Waals surface area contributed by atoms with Crippen molar-refractivity contribution in [3.63, 3.8) is 0 Å². The third-order valence-electron chi connectivity index (χ3n) is 9.46. The number of nitrogens with two attached hydrogens (primary N) is 1. The smallest absolute Gasteiger partial charge is 0.335 e. The highest BCUT2D eigenvalue weighted by atomic mass is 16.4. The Morgan fingerprint density at radius 2 is 1.59 bits per heavy atom. The standard InChI is InChI=1S/C37H46N4O3/c1-23-19-24(2)21-28(20-23)34-33(25(3)31(38)13-9-26-7-10-27(11-8-26)35(42)43)30-22-29(12-14-32(30)39-34)37(4,5)36(44)41-17-15-40(6)16-18-41/h7-8,10-12,14,19-22,25,31,39H,9,13,15-18,38H2,1-6H3,(H,42,43).